The second-order valence-electron chi connectivity index (χ2n) is 20.7. The van der Waals surface area contributed by atoms with Gasteiger partial charge in [0, 0.05) is 6.42 Å². The molecular formula is C57H101NO18. The van der Waals surface area contributed by atoms with E-state index < -0.39 is 124 Å². The average Bonchev–Trinajstić information content (AvgIpc) is 3.41. The molecule has 19 nitrogen and oxygen atoms in total. The lowest BCUT2D eigenvalue weighted by Gasteiger charge is -2.48. The van der Waals surface area contributed by atoms with Crippen LogP contribution in [0, 0.1) is 0 Å². The third-order valence-corrected chi connectivity index (χ3v) is 14.3. The topological polar surface area (TPSA) is 307 Å². The van der Waals surface area contributed by atoms with Crippen molar-refractivity contribution in [1.29, 1.82) is 0 Å². The molecule has 0 bridgehead atoms. The number of carbonyl (C=O) groups excluding carboxylic acids is 1. The molecule has 12 N–H and O–H groups in total. The molecule has 0 aliphatic carbocycles. The highest BCUT2D eigenvalue weighted by atomic mass is 16.8. The zero-order valence-corrected chi connectivity index (χ0v) is 45.7. The van der Waals surface area contributed by atoms with Crippen LogP contribution in [-0.2, 0) is 33.2 Å². The molecule has 442 valence electrons. The first-order chi connectivity index (χ1) is 36.8. The van der Waals surface area contributed by atoms with Gasteiger partial charge >= 0.3 is 0 Å². The van der Waals surface area contributed by atoms with Gasteiger partial charge in [-0.1, -0.05) is 152 Å². The number of hydrogen-bond donors (Lipinski definition) is 12. The van der Waals surface area contributed by atoms with E-state index >= 15 is 0 Å². The summed E-state index contributed by atoms with van der Waals surface area (Å²) in [4.78, 5) is 13.3. The first-order valence-electron chi connectivity index (χ1n) is 28.9. The molecule has 76 heavy (non-hydrogen) atoms. The van der Waals surface area contributed by atoms with Crippen LogP contribution in [-0.4, -0.2) is 193 Å². The molecule has 1 amide bonds. The van der Waals surface area contributed by atoms with Gasteiger partial charge in [0.05, 0.1) is 38.6 Å². The molecule has 3 saturated heterocycles. The number of rotatable bonds is 41. The Kier molecular flexibility index (Phi) is 36.6. The van der Waals surface area contributed by atoms with Crippen molar-refractivity contribution in [2.45, 2.75) is 279 Å². The first-order valence-corrected chi connectivity index (χ1v) is 28.9. The molecule has 0 aromatic rings. The summed E-state index contributed by atoms with van der Waals surface area (Å²) in [6, 6.07) is -0.990. The fraction of sp³-hybridized carbons (Fsp3) is 0.842. The number of hydrogen-bond acceptors (Lipinski definition) is 18. The monoisotopic (exact) mass is 1090 g/mol. The van der Waals surface area contributed by atoms with Crippen molar-refractivity contribution in [2.75, 3.05) is 26.4 Å². The van der Waals surface area contributed by atoms with E-state index in [1.807, 2.05) is 6.08 Å². The van der Waals surface area contributed by atoms with E-state index in [2.05, 4.69) is 55.6 Å². The molecule has 19 heteroatoms. The van der Waals surface area contributed by atoms with Crippen LogP contribution in [0.15, 0.2) is 48.6 Å². The Balaban J connectivity index is 1.49. The number of nitrogens with one attached hydrogen (secondary N) is 1. The fourth-order valence-corrected chi connectivity index (χ4v) is 9.53. The molecule has 0 spiro atoms. The highest BCUT2D eigenvalue weighted by Crippen LogP contribution is 2.33. The predicted molar refractivity (Wildman–Crippen MR) is 286 cm³/mol. The molecule has 3 fully saturated rings. The number of ether oxygens (including phenoxy) is 6. The number of aliphatic hydroxyl groups is 11. The van der Waals surface area contributed by atoms with Gasteiger partial charge in [-0.05, 0) is 64.2 Å². The van der Waals surface area contributed by atoms with Gasteiger partial charge in [0.25, 0.3) is 0 Å². The van der Waals surface area contributed by atoms with Gasteiger partial charge < -0.3 is 89.9 Å². The number of carbonyl (C=O) groups is 1. The predicted octanol–water partition coefficient (Wildman–Crippen LogP) is 4.31. The lowest BCUT2D eigenvalue weighted by Crippen LogP contribution is -2.66. The number of aliphatic hydroxyl groups excluding tert-OH is 11. The second-order valence-corrected chi connectivity index (χ2v) is 20.7. The Bertz CT molecular complexity index is 1580. The highest BCUT2D eigenvalue weighted by molar-refractivity contribution is 5.76. The van der Waals surface area contributed by atoms with Gasteiger partial charge in [0.2, 0.25) is 5.91 Å². The van der Waals surface area contributed by atoms with Crippen LogP contribution in [0.2, 0.25) is 0 Å². The molecule has 3 rings (SSSR count). The highest BCUT2D eigenvalue weighted by Gasteiger charge is 2.53. The quantitative estimate of drug-likeness (QED) is 0.0300. The molecule has 0 aromatic heterocycles. The van der Waals surface area contributed by atoms with E-state index in [1.165, 1.54) is 83.5 Å². The summed E-state index contributed by atoms with van der Waals surface area (Å²) in [5, 5.41) is 120. The van der Waals surface area contributed by atoms with Crippen LogP contribution >= 0.6 is 0 Å². The molecule has 0 saturated carbocycles. The van der Waals surface area contributed by atoms with Crippen LogP contribution in [0.3, 0.4) is 0 Å². The van der Waals surface area contributed by atoms with E-state index in [-0.39, 0.29) is 18.9 Å². The van der Waals surface area contributed by atoms with Crippen molar-refractivity contribution in [2.24, 2.45) is 0 Å². The Labute approximate surface area is 453 Å². The lowest BCUT2D eigenvalue weighted by atomic mass is 9.96. The van der Waals surface area contributed by atoms with Gasteiger partial charge in [-0.25, -0.2) is 0 Å². The third kappa shape index (κ3) is 25.0. The van der Waals surface area contributed by atoms with E-state index in [1.54, 1.807) is 6.08 Å². The van der Waals surface area contributed by atoms with Crippen molar-refractivity contribution in [1.82, 2.24) is 5.32 Å². The Hall–Kier alpha value is -2.25. The summed E-state index contributed by atoms with van der Waals surface area (Å²) in [5.41, 5.74) is 0. The summed E-state index contributed by atoms with van der Waals surface area (Å²) in [5.74, 6) is -0.294. The van der Waals surface area contributed by atoms with Gasteiger partial charge in [-0.15, -0.1) is 0 Å². The maximum Gasteiger partial charge on any atom is 0.220 e. The molecular weight excluding hydrogens is 987 g/mol. The molecule has 3 heterocycles. The number of allylic oxidation sites excluding steroid dienone is 7. The fourth-order valence-electron chi connectivity index (χ4n) is 9.53. The summed E-state index contributed by atoms with van der Waals surface area (Å²) in [6.07, 6.45) is 16.9. The van der Waals surface area contributed by atoms with Gasteiger partial charge in [-0.3, -0.25) is 4.79 Å². The van der Waals surface area contributed by atoms with Gasteiger partial charge in [0.1, 0.15) is 73.2 Å². The minimum Gasteiger partial charge on any atom is -0.394 e. The standard InChI is InChI=1S/C57H101NO18/c1-3-5-7-9-11-13-15-16-17-18-19-20-21-22-23-24-25-27-29-31-33-35-45(63)58-40(41(62)34-32-30-28-26-14-12-10-8-6-4-2)39-71-55-51(69)48(66)53(43(37-60)73-55)76-57-52(70)49(67)54(44(38-61)74-57)75-56-50(68)47(65)46(64)42(36-59)72-56/h14-16,18-19,26,32,34,40-44,46-57,59-62,64-70H,3-13,17,20-25,27-31,33,35-39H2,1-2H3,(H,58,63)/b16-15-,19-18-,26-14+,34-32+. The van der Waals surface area contributed by atoms with E-state index in [4.69, 9.17) is 28.4 Å². The van der Waals surface area contributed by atoms with E-state index in [0.29, 0.717) is 12.8 Å². The van der Waals surface area contributed by atoms with E-state index in [0.717, 1.165) is 57.8 Å². The molecule has 17 atom stereocenters. The van der Waals surface area contributed by atoms with Crippen LogP contribution < -0.4 is 5.32 Å². The second kappa shape index (κ2) is 40.9. The van der Waals surface area contributed by atoms with Gasteiger partial charge in [-0.2, -0.15) is 0 Å². The summed E-state index contributed by atoms with van der Waals surface area (Å²) >= 11 is 0. The normalized spacial score (nSPS) is 31.3. The Morgan fingerprint density at radius 2 is 0.882 bits per heavy atom. The van der Waals surface area contributed by atoms with Crippen LogP contribution in [0.5, 0.6) is 0 Å². The minimum absolute atomic E-state index is 0.229. The summed E-state index contributed by atoms with van der Waals surface area (Å²) in [6.45, 7) is 1.62. The smallest absolute Gasteiger partial charge is 0.220 e. The Morgan fingerprint density at radius 3 is 1.41 bits per heavy atom. The average molecular weight is 1090 g/mol. The SMILES string of the molecule is CCCCCC/C=C/CC/C=C/C(O)C(COC1OC(CO)C(OC2OC(CO)C(OC3OC(CO)C(O)C(O)C3O)C(O)C2O)C(O)C1O)NC(=O)CCCCCCCCCCC/C=C\C/C=C\CCCCCCC. The zero-order valence-electron chi connectivity index (χ0n) is 45.7. The van der Waals surface area contributed by atoms with Crippen molar-refractivity contribution in [3.8, 4) is 0 Å². The molecule has 17 unspecified atom stereocenters. The third-order valence-electron chi connectivity index (χ3n) is 14.3. The van der Waals surface area contributed by atoms with Crippen molar-refractivity contribution >= 4 is 5.91 Å². The molecule has 0 radical (unpaired) electrons. The van der Waals surface area contributed by atoms with Crippen LogP contribution in [0.1, 0.15) is 174 Å². The zero-order chi connectivity index (χ0) is 55.5. The lowest BCUT2D eigenvalue weighted by molar-refractivity contribution is -0.379. The maximum absolute atomic E-state index is 13.3. The summed E-state index contributed by atoms with van der Waals surface area (Å²) < 4.78 is 34.1. The van der Waals surface area contributed by atoms with Crippen molar-refractivity contribution in [3.63, 3.8) is 0 Å². The minimum atomic E-state index is -1.98. The number of amides is 1. The van der Waals surface area contributed by atoms with Crippen molar-refractivity contribution in [3.05, 3.63) is 48.6 Å². The van der Waals surface area contributed by atoms with Gasteiger partial charge in [0.15, 0.2) is 18.9 Å². The Morgan fingerprint density at radius 1 is 0.474 bits per heavy atom. The molecule has 3 aliphatic rings. The maximum atomic E-state index is 13.3. The number of unbranched alkanes of at least 4 members (excludes halogenated alkanes) is 19. The van der Waals surface area contributed by atoms with Crippen molar-refractivity contribution < 1.29 is 89.4 Å². The largest absolute Gasteiger partial charge is 0.394 e. The molecule has 0 aromatic carbocycles. The summed E-state index contributed by atoms with van der Waals surface area (Å²) in [7, 11) is 0. The first kappa shape index (κ1) is 68.0. The van der Waals surface area contributed by atoms with Crippen LogP contribution in [0.25, 0.3) is 0 Å². The van der Waals surface area contributed by atoms with Crippen LogP contribution in [0.4, 0.5) is 0 Å². The van der Waals surface area contributed by atoms with E-state index in [9.17, 15) is 61.0 Å². The molecule has 3 aliphatic heterocycles.